The summed E-state index contributed by atoms with van der Waals surface area (Å²) in [5, 5.41) is 12.2. The van der Waals surface area contributed by atoms with Crippen molar-refractivity contribution in [1.29, 1.82) is 0 Å². The molecule has 1 heterocycles. The molecular weight excluding hydrogens is 610 g/mol. The van der Waals surface area contributed by atoms with Gasteiger partial charge in [-0.1, -0.05) is 48.0 Å². The van der Waals surface area contributed by atoms with Crippen molar-refractivity contribution in [2.24, 2.45) is 5.73 Å². The zero-order valence-electron chi connectivity index (χ0n) is 25.9. The van der Waals surface area contributed by atoms with Crippen molar-refractivity contribution in [1.82, 2.24) is 9.80 Å². The van der Waals surface area contributed by atoms with Crippen molar-refractivity contribution >= 4 is 50.9 Å². The van der Waals surface area contributed by atoms with Crippen molar-refractivity contribution in [2.75, 3.05) is 7.05 Å². The monoisotopic (exact) mass is 647 g/mol. The highest BCUT2D eigenvalue weighted by Crippen LogP contribution is 2.38. The van der Waals surface area contributed by atoms with Crippen LogP contribution in [0.25, 0.3) is 21.2 Å². The van der Waals surface area contributed by atoms with Crippen LogP contribution in [0.3, 0.4) is 0 Å². The Hall–Kier alpha value is -4.08. The SMILES string of the molecule is CN(C(=O)OC(C)(C)C)[C@H]1CC[C@H](N(Cc2cc(-c3ccc(C(N)=O)cc3)ccc2O)C(=O)c2sc3ccccc3c2Cl)CC1. The van der Waals surface area contributed by atoms with Gasteiger partial charge in [-0.2, -0.15) is 0 Å². The number of hydrogen-bond acceptors (Lipinski definition) is 6. The van der Waals surface area contributed by atoms with Gasteiger partial charge in [0, 0.05) is 46.9 Å². The number of carbonyl (C=O) groups is 3. The molecule has 1 aromatic heterocycles. The van der Waals surface area contributed by atoms with E-state index in [0.29, 0.717) is 46.7 Å². The Labute approximate surface area is 272 Å². The maximum absolute atomic E-state index is 14.3. The van der Waals surface area contributed by atoms with Crippen LogP contribution < -0.4 is 5.73 Å². The van der Waals surface area contributed by atoms with Crippen LogP contribution in [0.2, 0.25) is 5.02 Å². The zero-order chi connectivity index (χ0) is 32.5. The average molecular weight is 648 g/mol. The Bertz CT molecular complexity index is 1720. The number of nitrogens with zero attached hydrogens (tertiary/aromatic N) is 2. The van der Waals surface area contributed by atoms with E-state index in [0.717, 1.165) is 21.2 Å². The lowest BCUT2D eigenvalue weighted by Gasteiger charge is -2.40. The molecule has 0 saturated heterocycles. The van der Waals surface area contributed by atoms with Gasteiger partial charge in [0.1, 0.15) is 16.2 Å². The molecule has 1 aliphatic rings. The van der Waals surface area contributed by atoms with E-state index < -0.39 is 11.5 Å². The van der Waals surface area contributed by atoms with Crippen molar-refractivity contribution in [3.8, 4) is 16.9 Å². The summed E-state index contributed by atoms with van der Waals surface area (Å²) in [5.74, 6) is -0.624. The van der Waals surface area contributed by atoms with Crippen LogP contribution >= 0.6 is 22.9 Å². The summed E-state index contributed by atoms with van der Waals surface area (Å²) >= 11 is 8.15. The predicted octanol–water partition coefficient (Wildman–Crippen LogP) is 7.85. The molecule has 3 amide bonds. The van der Waals surface area contributed by atoms with Gasteiger partial charge in [0.15, 0.2) is 0 Å². The van der Waals surface area contributed by atoms with Crippen molar-refractivity contribution in [2.45, 2.75) is 70.7 Å². The van der Waals surface area contributed by atoms with Gasteiger partial charge < -0.3 is 25.4 Å². The molecule has 1 saturated carbocycles. The lowest BCUT2D eigenvalue weighted by Crippen LogP contribution is -2.47. The number of aromatic hydroxyl groups is 1. The van der Waals surface area contributed by atoms with Crippen LogP contribution in [0, 0.1) is 0 Å². The van der Waals surface area contributed by atoms with Crippen molar-refractivity contribution < 1.29 is 24.2 Å². The molecule has 0 radical (unpaired) electrons. The largest absolute Gasteiger partial charge is 0.508 e. The first-order chi connectivity index (χ1) is 21.3. The fourth-order valence-corrected chi connectivity index (χ4v) is 7.26. The van der Waals surface area contributed by atoms with E-state index in [4.69, 9.17) is 22.1 Å². The fraction of sp³-hybridized carbons (Fsp3) is 0.343. The van der Waals surface area contributed by atoms with E-state index in [1.165, 1.54) is 11.3 Å². The standard InChI is InChI=1S/C35H38ClN3O5S/c1-35(2,3)44-34(43)38(4)25-14-16-26(17-15-25)39(33(42)31-30(36)27-7-5-6-8-29(27)45-31)20-24-19-23(13-18-28(24)40)21-9-11-22(12-10-21)32(37)41/h5-13,18-19,25-26,40H,14-17,20H2,1-4H3,(H2,37,41)/t25-,26-. The van der Waals surface area contributed by atoms with E-state index >= 15 is 0 Å². The van der Waals surface area contributed by atoms with Gasteiger partial charge in [-0.05, 0) is 87.9 Å². The van der Waals surface area contributed by atoms with Crippen LogP contribution in [0.5, 0.6) is 5.75 Å². The third kappa shape index (κ3) is 7.26. The van der Waals surface area contributed by atoms with Crippen molar-refractivity contribution in [3.05, 3.63) is 87.8 Å². The minimum absolute atomic E-state index is 0.0129. The smallest absolute Gasteiger partial charge is 0.410 e. The lowest BCUT2D eigenvalue weighted by atomic mass is 9.89. The molecular formula is C35H38ClN3O5S. The quantitative estimate of drug-likeness (QED) is 0.212. The Kier molecular flexibility index (Phi) is 9.41. The number of nitrogens with two attached hydrogens (primary N) is 1. The Morgan fingerprint density at radius 1 is 0.956 bits per heavy atom. The first kappa shape index (κ1) is 32.3. The van der Waals surface area contributed by atoms with Crippen LogP contribution in [0.15, 0.2) is 66.7 Å². The molecule has 0 aliphatic heterocycles. The normalized spacial score (nSPS) is 16.7. The van der Waals surface area contributed by atoms with E-state index in [1.54, 1.807) is 48.3 Å². The molecule has 45 heavy (non-hydrogen) atoms. The number of halogens is 1. The summed E-state index contributed by atoms with van der Waals surface area (Å²) in [6, 6.07) is 19.7. The molecule has 0 spiro atoms. The van der Waals surface area contributed by atoms with E-state index in [9.17, 15) is 19.5 Å². The number of phenolic OH excluding ortho intramolecular Hbond substituents is 1. The first-order valence-electron chi connectivity index (χ1n) is 15.0. The number of rotatable bonds is 7. The molecule has 1 aliphatic carbocycles. The van der Waals surface area contributed by atoms with Gasteiger partial charge in [-0.15, -0.1) is 11.3 Å². The number of thiophene rings is 1. The van der Waals surface area contributed by atoms with Crippen LogP contribution in [0.1, 0.15) is 72.0 Å². The molecule has 10 heteroatoms. The number of amides is 3. The summed E-state index contributed by atoms with van der Waals surface area (Å²) in [6.07, 6.45) is 2.37. The number of benzene rings is 3. The van der Waals surface area contributed by atoms with Gasteiger partial charge in [0.05, 0.1) is 5.02 Å². The highest BCUT2D eigenvalue weighted by atomic mass is 35.5. The number of phenols is 1. The van der Waals surface area contributed by atoms with Gasteiger partial charge >= 0.3 is 6.09 Å². The van der Waals surface area contributed by atoms with Crippen LogP contribution in [-0.2, 0) is 11.3 Å². The Morgan fingerprint density at radius 2 is 1.58 bits per heavy atom. The van der Waals surface area contributed by atoms with E-state index in [1.807, 2.05) is 56.0 Å². The molecule has 1 fully saturated rings. The maximum atomic E-state index is 14.3. The molecule has 0 unspecified atom stereocenters. The summed E-state index contributed by atoms with van der Waals surface area (Å²) in [7, 11) is 1.76. The van der Waals surface area contributed by atoms with Gasteiger partial charge in [0.2, 0.25) is 5.91 Å². The zero-order valence-corrected chi connectivity index (χ0v) is 27.5. The van der Waals surface area contributed by atoms with Crippen molar-refractivity contribution in [3.63, 3.8) is 0 Å². The second-order valence-electron chi connectivity index (χ2n) is 12.5. The number of ether oxygens (including phenoxy) is 1. The topological polar surface area (TPSA) is 113 Å². The summed E-state index contributed by atoms with van der Waals surface area (Å²) in [4.78, 5) is 42.6. The second-order valence-corrected chi connectivity index (χ2v) is 13.9. The molecule has 3 aromatic carbocycles. The number of primary amides is 1. The molecule has 8 nitrogen and oxygen atoms in total. The minimum Gasteiger partial charge on any atom is -0.508 e. The number of hydrogen-bond donors (Lipinski definition) is 2. The Morgan fingerprint density at radius 3 is 2.20 bits per heavy atom. The average Bonchev–Trinajstić information content (AvgIpc) is 3.35. The Balaban J connectivity index is 1.43. The molecule has 5 rings (SSSR count). The number of fused-ring (bicyclic) bond motifs is 1. The molecule has 0 atom stereocenters. The lowest BCUT2D eigenvalue weighted by molar-refractivity contribution is 0.0144. The van der Waals surface area contributed by atoms with Crippen LogP contribution in [-0.4, -0.2) is 57.5 Å². The van der Waals surface area contributed by atoms with Crippen LogP contribution in [0.4, 0.5) is 4.79 Å². The van der Waals surface area contributed by atoms with Gasteiger partial charge in [-0.3, -0.25) is 9.59 Å². The predicted molar refractivity (Wildman–Crippen MR) is 179 cm³/mol. The minimum atomic E-state index is -0.588. The highest BCUT2D eigenvalue weighted by Gasteiger charge is 2.35. The fourth-order valence-electron chi connectivity index (χ4n) is 5.79. The summed E-state index contributed by atoms with van der Waals surface area (Å²) < 4.78 is 6.51. The molecule has 3 N–H and O–H groups in total. The van der Waals surface area contributed by atoms with Gasteiger partial charge in [-0.25, -0.2) is 4.79 Å². The maximum Gasteiger partial charge on any atom is 0.410 e. The highest BCUT2D eigenvalue weighted by molar-refractivity contribution is 7.21. The van der Waals surface area contributed by atoms with E-state index in [2.05, 4.69) is 0 Å². The molecule has 236 valence electrons. The van der Waals surface area contributed by atoms with E-state index in [-0.39, 0.29) is 36.4 Å². The van der Waals surface area contributed by atoms with Gasteiger partial charge in [0.25, 0.3) is 5.91 Å². The summed E-state index contributed by atoms with van der Waals surface area (Å²) in [6.45, 7) is 5.70. The molecule has 0 bridgehead atoms. The number of carbonyl (C=O) groups excluding carboxylic acids is 3. The molecule has 4 aromatic rings. The third-order valence-electron chi connectivity index (χ3n) is 8.25. The summed E-state index contributed by atoms with van der Waals surface area (Å²) in [5.41, 5.74) is 7.48. The second kappa shape index (κ2) is 13.1. The first-order valence-corrected chi connectivity index (χ1v) is 16.2. The third-order valence-corrected chi connectivity index (χ3v) is 9.91.